The topological polar surface area (TPSA) is 174 Å². The third kappa shape index (κ3) is 12.5. The summed E-state index contributed by atoms with van der Waals surface area (Å²) in [5, 5.41) is 15.4. The molecule has 2 aliphatic rings. The Bertz CT molecular complexity index is 2990. The molecule has 378 valence electrons. The lowest BCUT2D eigenvalue weighted by Gasteiger charge is -2.36. The van der Waals surface area contributed by atoms with Gasteiger partial charge < -0.3 is 19.1 Å². The Balaban J connectivity index is 0.000000226. The average Bonchev–Trinajstić information content (AvgIpc) is 4.02. The number of nitrogens with zero attached hydrogens (tertiary/aromatic N) is 9. The first-order valence-electron chi connectivity index (χ1n) is 20.4. The number of nitrogens with one attached hydrogen (secondary N) is 1. The number of rotatable bonds is 12. The number of hydrogen-bond acceptors (Lipinski definition) is 12. The minimum atomic E-state index is -4.85. The van der Waals surface area contributed by atoms with E-state index in [0.29, 0.717) is 26.2 Å². The molecule has 2 saturated heterocycles. The fraction of sp³-hybridized carbons (Fsp3) is 0.317. The molecule has 4 aromatic carbocycles. The number of anilines is 2. The molecule has 0 amide bonds. The molecule has 2 fully saturated rings. The summed E-state index contributed by atoms with van der Waals surface area (Å²) in [6, 6.07) is 16.4. The maximum atomic E-state index is 15.0. The predicted octanol–water partition coefficient (Wildman–Crippen LogP) is 7.14. The van der Waals surface area contributed by atoms with Crippen molar-refractivity contribution in [1.82, 2.24) is 39.2 Å². The average molecular weight is 1060 g/mol. The van der Waals surface area contributed by atoms with Crippen molar-refractivity contribution < 1.29 is 69.6 Å². The molecule has 6 aromatic rings. The van der Waals surface area contributed by atoms with Gasteiger partial charge in [0, 0.05) is 74.6 Å². The van der Waals surface area contributed by atoms with Gasteiger partial charge in [0.1, 0.15) is 23.3 Å². The largest absolute Gasteiger partial charge is 0.470 e. The van der Waals surface area contributed by atoms with Crippen molar-refractivity contribution in [1.29, 1.82) is 0 Å². The van der Waals surface area contributed by atoms with Crippen molar-refractivity contribution in [3.8, 4) is 22.9 Å². The molecule has 2 aromatic heterocycles. The van der Waals surface area contributed by atoms with Crippen molar-refractivity contribution in [2.24, 2.45) is 0 Å². The SMILES string of the molecule is CN1CCN(S(=O)(=O)N(Cc2ccc(-c3nnc(C(F)(F)F)o3)cc2F)c2cccc(F)c2)CC1.Cl.O=S(=O)(N1CCNCC1)N(Cc1ccc(-c2nnc(C(F)(F)F)o2)cc1F)c1cccc(F)c1. The lowest BCUT2D eigenvalue weighted by atomic mass is 10.1. The number of alkyl halides is 6. The lowest BCUT2D eigenvalue weighted by Crippen LogP contribution is -2.52. The number of hydrogen-bond donors (Lipinski definition) is 1. The van der Waals surface area contributed by atoms with Crippen LogP contribution in [0.3, 0.4) is 0 Å². The van der Waals surface area contributed by atoms with Gasteiger partial charge in [-0.1, -0.05) is 24.3 Å². The van der Waals surface area contributed by atoms with Crippen LogP contribution < -0.4 is 13.9 Å². The van der Waals surface area contributed by atoms with Crippen molar-refractivity contribution in [2.75, 3.05) is 68.0 Å². The molecular weight excluding hydrogens is 1020 g/mol. The van der Waals surface area contributed by atoms with E-state index >= 15 is 0 Å². The zero-order valence-electron chi connectivity index (χ0n) is 36.1. The maximum absolute atomic E-state index is 15.0. The van der Waals surface area contributed by atoms with Crippen LogP contribution in [0.15, 0.2) is 93.8 Å². The Morgan fingerprint density at radius 3 is 1.33 bits per heavy atom. The molecule has 70 heavy (non-hydrogen) atoms. The second-order valence-electron chi connectivity index (χ2n) is 15.3. The van der Waals surface area contributed by atoms with Gasteiger partial charge in [-0.25, -0.2) is 17.6 Å². The van der Waals surface area contributed by atoms with Gasteiger partial charge in [0.15, 0.2) is 0 Å². The second-order valence-corrected chi connectivity index (χ2v) is 19.0. The van der Waals surface area contributed by atoms with Gasteiger partial charge in [-0.2, -0.15) is 51.8 Å². The number of likely N-dealkylation sites (N-methyl/N-ethyl adjacent to an activating group) is 1. The molecule has 2 aliphatic heterocycles. The first-order valence-corrected chi connectivity index (χ1v) is 23.1. The zero-order chi connectivity index (χ0) is 49.9. The summed E-state index contributed by atoms with van der Waals surface area (Å²) in [7, 11) is -6.47. The summed E-state index contributed by atoms with van der Waals surface area (Å²) in [6.45, 7) is 1.60. The summed E-state index contributed by atoms with van der Waals surface area (Å²) < 4.78 is 201. The van der Waals surface area contributed by atoms with Crippen LogP contribution in [0.1, 0.15) is 22.9 Å². The Labute approximate surface area is 399 Å². The summed E-state index contributed by atoms with van der Waals surface area (Å²) in [5.74, 6) is -7.42. The highest BCUT2D eigenvalue weighted by molar-refractivity contribution is 7.90. The van der Waals surface area contributed by atoms with Gasteiger partial charge in [-0.15, -0.1) is 32.8 Å². The molecule has 0 spiro atoms. The summed E-state index contributed by atoms with van der Waals surface area (Å²) in [5.41, 5.74) is -0.429. The molecule has 0 radical (unpaired) electrons. The minimum Gasteiger partial charge on any atom is -0.413 e. The van der Waals surface area contributed by atoms with Crippen LogP contribution in [-0.2, 0) is 45.9 Å². The van der Waals surface area contributed by atoms with Gasteiger partial charge in [0.25, 0.3) is 0 Å². The van der Waals surface area contributed by atoms with E-state index in [-0.39, 0.29) is 72.2 Å². The fourth-order valence-corrected chi connectivity index (χ4v) is 10.1. The minimum absolute atomic E-state index is 0. The van der Waals surface area contributed by atoms with Crippen LogP contribution in [0.4, 0.5) is 55.3 Å². The molecule has 0 aliphatic carbocycles. The lowest BCUT2D eigenvalue weighted by molar-refractivity contribution is -0.157. The van der Waals surface area contributed by atoms with Crippen molar-refractivity contribution in [3.63, 3.8) is 0 Å². The predicted molar refractivity (Wildman–Crippen MR) is 233 cm³/mol. The zero-order valence-corrected chi connectivity index (χ0v) is 38.6. The fourth-order valence-electron chi connectivity index (χ4n) is 6.88. The molecule has 29 heteroatoms. The molecule has 0 atom stereocenters. The monoisotopic (exact) mass is 1060 g/mol. The van der Waals surface area contributed by atoms with Crippen LogP contribution in [-0.4, -0.2) is 110 Å². The first kappa shape index (κ1) is 53.4. The van der Waals surface area contributed by atoms with E-state index in [1.54, 1.807) is 0 Å². The van der Waals surface area contributed by atoms with Gasteiger partial charge in [-0.05, 0) is 67.7 Å². The van der Waals surface area contributed by atoms with Gasteiger partial charge in [0.05, 0.1) is 24.5 Å². The van der Waals surface area contributed by atoms with E-state index in [0.717, 1.165) is 45.0 Å². The third-order valence-electron chi connectivity index (χ3n) is 10.5. The van der Waals surface area contributed by atoms with E-state index in [4.69, 9.17) is 0 Å². The van der Waals surface area contributed by atoms with E-state index in [1.807, 2.05) is 11.9 Å². The number of benzene rings is 4. The molecule has 1 N–H and O–H groups in total. The van der Waals surface area contributed by atoms with Crippen molar-refractivity contribution >= 4 is 44.2 Å². The Morgan fingerprint density at radius 1 is 0.571 bits per heavy atom. The number of piperazine rings is 2. The highest BCUT2D eigenvalue weighted by Gasteiger charge is 2.40. The van der Waals surface area contributed by atoms with Crippen molar-refractivity contribution in [3.05, 3.63) is 131 Å². The van der Waals surface area contributed by atoms with Gasteiger partial charge in [-0.3, -0.25) is 8.61 Å². The smallest absolute Gasteiger partial charge is 0.413 e. The van der Waals surface area contributed by atoms with Crippen molar-refractivity contribution in [2.45, 2.75) is 25.4 Å². The first-order chi connectivity index (χ1) is 32.5. The second kappa shape index (κ2) is 21.6. The number of halogens is 11. The van der Waals surface area contributed by atoms with E-state index in [1.165, 1.54) is 57.1 Å². The van der Waals surface area contributed by atoms with E-state index in [9.17, 15) is 60.7 Å². The highest BCUT2D eigenvalue weighted by Crippen LogP contribution is 2.34. The Hall–Kier alpha value is -5.91. The normalized spacial score (nSPS) is 15.5. The van der Waals surface area contributed by atoms with E-state index in [2.05, 4.69) is 34.5 Å². The Kier molecular flexibility index (Phi) is 16.5. The summed E-state index contributed by atoms with van der Waals surface area (Å²) in [4.78, 5) is 1.96. The third-order valence-corrected chi connectivity index (χ3v) is 14.3. The van der Waals surface area contributed by atoms with Crippen LogP contribution >= 0.6 is 12.4 Å². The van der Waals surface area contributed by atoms with Crippen LogP contribution in [0.2, 0.25) is 0 Å². The Morgan fingerprint density at radius 2 is 0.971 bits per heavy atom. The summed E-state index contributed by atoms with van der Waals surface area (Å²) >= 11 is 0. The van der Waals surface area contributed by atoms with E-state index < -0.39 is 92.7 Å². The number of aromatic nitrogens is 4. The van der Waals surface area contributed by atoms with Crippen LogP contribution in [0.5, 0.6) is 0 Å². The molecule has 0 unspecified atom stereocenters. The van der Waals surface area contributed by atoms with Crippen LogP contribution in [0, 0.1) is 23.3 Å². The molecule has 16 nitrogen and oxygen atoms in total. The quantitative estimate of drug-likeness (QED) is 0.123. The van der Waals surface area contributed by atoms with Gasteiger partial charge >= 0.3 is 44.6 Å². The van der Waals surface area contributed by atoms with Gasteiger partial charge in [0.2, 0.25) is 11.8 Å². The highest BCUT2D eigenvalue weighted by atomic mass is 35.5. The van der Waals surface area contributed by atoms with Crippen LogP contribution in [0.25, 0.3) is 22.9 Å². The molecule has 8 rings (SSSR count). The molecule has 4 heterocycles. The molecule has 0 bridgehead atoms. The molecular formula is C41H39ClF10N10O6S2. The standard InChI is InChI=1S/C21H20F5N5O3S.C20H18F5N5O3S.ClH/c1-29-7-9-30(10-8-29)35(32,33)31(17-4-2-3-16(22)12-17)13-15-6-5-14(11-18(15)23)19-27-28-20(34-19)21(24,25)26;21-15-2-1-3-16(11-15)30(34(31,32)29-8-6-26-7-9-29)12-14-5-4-13(10-17(14)22)18-27-28-19(33-18)20(23,24)25;/h2-6,11-12H,7-10,13H2,1H3;1-5,10-11,26H,6-9,12H2;1H. The maximum Gasteiger partial charge on any atom is 0.470 e. The molecule has 0 saturated carbocycles. The summed E-state index contributed by atoms with van der Waals surface area (Å²) in [6.07, 6.45) is -9.71.